The van der Waals surface area contributed by atoms with Crippen LogP contribution in [0.15, 0.2) is 24.3 Å². The molecule has 0 fully saturated rings. The molecule has 0 atom stereocenters. The zero-order chi connectivity index (χ0) is 10.5. The van der Waals surface area contributed by atoms with Gasteiger partial charge in [0.05, 0.1) is 11.0 Å². The van der Waals surface area contributed by atoms with Crippen molar-refractivity contribution in [2.75, 3.05) is 0 Å². The molecule has 1 N–H and O–H groups in total. The number of benzene rings is 1. The van der Waals surface area contributed by atoms with Crippen LogP contribution in [0.5, 0.6) is 0 Å². The molecule has 0 bridgehead atoms. The maximum atomic E-state index is 4.63. The lowest BCUT2D eigenvalue weighted by Gasteiger charge is -2.10. The van der Waals surface area contributed by atoms with Crippen LogP contribution in [0.25, 0.3) is 16.8 Å². The van der Waals surface area contributed by atoms with Crippen molar-refractivity contribution in [1.82, 2.24) is 14.4 Å². The van der Waals surface area contributed by atoms with Gasteiger partial charge in [-0.1, -0.05) is 12.1 Å². The summed E-state index contributed by atoms with van der Waals surface area (Å²) in [6.07, 6.45) is 4.95. The molecule has 1 aliphatic carbocycles. The van der Waals surface area contributed by atoms with E-state index < -0.39 is 0 Å². The molecule has 80 valence electrons. The largest absolute Gasteiger partial charge is 0.327 e. The van der Waals surface area contributed by atoms with Crippen LogP contribution >= 0.6 is 0 Å². The van der Waals surface area contributed by atoms with Crippen LogP contribution in [0.2, 0.25) is 0 Å². The number of nitrogens with one attached hydrogen (secondary N) is 1. The van der Waals surface area contributed by atoms with E-state index in [-0.39, 0.29) is 0 Å². The summed E-state index contributed by atoms with van der Waals surface area (Å²) in [6, 6.07) is 8.35. The van der Waals surface area contributed by atoms with E-state index in [9.17, 15) is 0 Å². The van der Waals surface area contributed by atoms with E-state index in [0.717, 1.165) is 11.3 Å². The number of H-pyrrole nitrogens is 1. The highest BCUT2D eigenvalue weighted by atomic mass is 15.1. The lowest BCUT2D eigenvalue weighted by molar-refractivity contribution is 0.662. The first-order chi connectivity index (χ1) is 7.93. The predicted octanol–water partition coefficient (Wildman–Crippen LogP) is 2.69. The van der Waals surface area contributed by atoms with E-state index >= 15 is 0 Å². The number of rotatable bonds is 0. The lowest BCUT2D eigenvalue weighted by atomic mass is 10.0. The Morgan fingerprint density at radius 3 is 3.00 bits per heavy atom. The molecule has 3 aromatic rings. The topological polar surface area (TPSA) is 33.1 Å². The Morgan fingerprint density at radius 1 is 1.12 bits per heavy atom. The van der Waals surface area contributed by atoms with Crippen molar-refractivity contribution in [2.24, 2.45) is 0 Å². The molecule has 16 heavy (non-hydrogen) atoms. The Bertz CT molecular complexity index is 675. The average molecular weight is 211 g/mol. The fraction of sp³-hybridized carbons (Fsp3) is 0.308. The van der Waals surface area contributed by atoms with Crippen molar-refractivity contribution in [2.45, 2.75) is 25.7 Å². The van der Waals surface area contributed by atoms with Crippen LogP contribution in [-0.2, 0) is 12.8 Å². The van der Waals surface area contributed by atoms with Crippen molar-refractivity contribution < 1.29 is 0 Å². The lowest BCUT2D eigenvalue weighted by Crippen LogP contribution is -2.03. The minimum absolute atomic E-state index is 1.01. The number of nitrogens with zero attached hydrogens (tertiary/aromatic N) is 2. The van der Waals surface area contributed by atoms with Gasteiger partial charge in [0.25, 0.3) is 0 Å². The van der Waals surface area contributed by atoms with Gasteiger partial charge in [-0.15, -0.1) is 0 Å². The molecule has 2 heterocycles. The van der Waals surface area contributed by atoms with E-state index in [4.69, 9.17) is 0 Å². The van der Waals surface area contributed by atoms with Gasteiger partial charge in [-0.2, -0.15) is 0 Å². The third-order valence-corrected chi connectivity index (χ3v) is 3.53. The van der Waals surface area contributed by atoms with Gasteiger partial charge in [0.2, 0.25) is 5.78 Å². The van der Waals surface area contributed by atoms with E-state index in [1.54, 1.807) is 0 Å². The van der Waals surface area contributed by atoms with Gasteiger partial charge >= 0.3 is 0 Å². The molecule has 0 amide bonds. The second kappa shape index (κ2) is 2.88. The van der Waals surface area contributed by atoms with Crippen molar-refractivity contribution in [3.05, 3.63) is 35.7 Å². The molecule has 0 saturated carbocycles. The van der Waals surface area contributed by atoms with E-state index in [2.05, 4.69) is 32.6 Å². The summed E-state index contributed by atoms with van der Waals surface area (Å²) in [7, 11) is 0. The Kier molecular flexibility index (Phi) is 1.51. The summed E-state index contributed by atoms with van der Waals surface area (Å²) in [5.41, 5.74) is 5.15. The smallest absolute Gasteiger partial charge is 0.212 e. The SMILES string of the molecule is c1ccc2c(c1)nc1[nH]c3c(n12)CCCC3. The van der Waals surface area contributed by atoms with Gasteiger partial charge < -0.3 is 4.98 Å². The predicted molar refractivity (Wildman–Crippen MR) is 63.7 cm³/mol. The number of para-hydroxylation sites is 2. The average Bonchev–Trinajstić information content (AvgIpc) is 2.83. The van der Waals surface area contributed by atoms with Crippen LogP contribution in [0.4, 0.5) is 0 Å². The van der Waals surface area contributed by atoms with Crippen LogP contribution in [-0.4, -0.2) is 14.4 Å². The summed E-state index contributed by atoms with van der Waals surface area (Å²) in [6.45, 7) is 0. The summed E-state index contributed by atoms with van der Waals surface area (Å²) in [5.74, 6) is 1.01. The molecule has 0 saturated heterocycles. The molecule has 0 spiro atoms. The quantitative estimate of drug-likeness (QED) is 0.609. The first-order valence-corrected chi connectivity index (χ1v) is 5.90. The highest BCUT2D eigenvalue weighted by Gasteiger charge is 2.17. The van der Waals surface area contributed by atoms with E-state index in [1.165, 1.54) is 42.6 Å². The van der Waals surface area contributed by atoms with Gasteiger partial charge in [-0.25, -0.2) is 4.98 Å². The molecular formula is C13H13N3. The molecular weight excluding hydrogens is 198 g/mol. The Hall–Kier alpha value is -1.77. The van der Waals surface area contributed by atoms with E-state index in [0.29, 0.717) is 0 Å². The van der Waals surface area contributed by atoms with Crippen LogP contribution in [0.3, 0.4) is 0 Å². The number of aryl methyl sites for hydroxylation is 2. The van der Waals surface area contributed by atoms with Crippen LogP contribution in [0, 0.1) is 0 Å². The Labute approximate surface area is 93.1 Å². The molecule has 0 unspecified atom stereocenters. The fourth-order valence-electron chi connectivity index (χ4n) is 2.79. The van der Waals surface area contributed by atoms with Gasteiger partial charge in [-0.05, 0) is 37.8 Å². The molecule has 3 nitrogen and oxygen atoms in total. The van der Waals surface area contributed by atoms with Gasteiger partial charge in [0, 0.05) is 11.4 Å². The molecule has 0 radical (unpaired) electrons. The second-order valence-corrected chi connectivity index (χ2v) is 4.52. The van der Waals surface area contributed by atoms with E-state index in [1.807, 2.05) is 6.07 Å². The Morgan fingerprint density at radius 2 is 2.00 bits per heavy atom. The molecule has 3 heteroatoms. The number of fused-ring (bicyclic) bond motifs is 5. The molecule has 1 aliphatic rings. The van der Waals surface area contributed by atoms with Crippen molar-refractivity contribution in [3.8, 4) is 0 Å². The van der Waals surface area contributed by atoms with Crippen molar-refractivity contribution in [1.29, 1.82) is 0 Å². The summed E-state index contributed by atoms with van der Waals surface area (Å²) >= 11 is 0. The third kappa shape index (κ3) is 0.953. The van der Waals surface area contributed by atoms with Crippen molar-refractivity contribution in [3.63, 3.8) is 0 Å². The minimum atomic E-state index is 1.01. The fourth-order valence-corrected chi connectivity index (χ4v) is 2.79. The third-order valence-electron chi connectivity index (χ3n) is 3.53. The standard InChI is InChI=1S/C13H13N3/c1-3-7-11-9(5-1)14-13-15-10-6-2-4-8-12(10)16(11)13/h1,3,5,7H,2,4,6,8H2,(H,14,15). The monoisotopic (exact) mass is 211 g/mol. The van der Waals surface area contributed by atoms with Crippen LogP contribution < -0.4 is 0 Å². The number of imidazole rings is 2. The maximum absolute atomic E-state index is 4.63. The van der Waals surface area contributed by atoms with Gasteiger partial charge in [0.1, 0.15) is 0 Å². The molecule has 0 aliphatic heterocycles. The highest BCUT2D eigenvalue weighted by molar-refractivity contribution is 5.80. The number of hydrogen-bond donors (Lipinski definition) is 1. The zero-order valence-corrected chi connectivity index (χ0v) is 9.03. The maximum Gasteiger partial charge on any atom is 0.212 e. The Balaban J connectivity index is 2.18. The number of aromatic nitrogens is 3. The normalized spacial score (nSPS) is 15.8. The van der Waals surface area contributed by atoms with Crippen molar-refractivity contribution >= 4 is 16.8 Å². The molecule has 4 rings (SSSR count). The van der Waals surface area contributed by atoms with Crippen LogP contribution in [0.1, 0.15) is 24.2 Å². The summed E-state index contributed by atoms with van der Waals surface area (Å²) in [5, 5.41) is 0. The minimum Gasteiger partial charge on any atom is -0.327 e. The molecule has 1 aromatic carbocycles. The summed E-state index contributed by atoms with van der Waals surface area (Å²) < 4.78 is 2.30. The number of aromatic amines is 1. The molecule has 2 aromatic heterocycles. The summed E-state index contributed by atoms with van der Waals surface area (Å²) in [4.78, 5) is 8.08. The first-order valence-electron chi connectivity index (χ1n) is 5.90. The zero-order valence-electron chi connectivity index (χ0n) is 9.03. The van der Waals surface area contributed by atoms with Gasteiger partial charge in [-0.3, -0.25) is 4.40 Å². The van der Waals surface area contributed by atoms with Gasteiger partial charge in [0.15, 0.2) is 0 Å². The first kappa shape index (κ1) is 8.39. The highest BCUT2D eigenvalue weighted by Crippen LogP contribution is 2.25. The number of hydrogen-bond acceptors (Lipinski definition) is 1. The second-order valence-electron chi connectivity index (χ2n) is 4.52.